The van der Waals surface area contributed by atoms with Gasteiger partial charge in [0, 0.05) is 11.2 Å². The summed E-state index contributed by atoms with van der Waals surface area (Å²) in [6.45, 7) is 0. The summed E-state index contributed by atoms with van der Waals surface area (Å²) >= 11 is 5.68. The highest BCUT2D eigenvalue weighted by Gasteiger charge is 2.22. The summed E-state index contributed by atoms with van der Waals surface area (Å²) in [5.41, 5.74) is 5.01. The zero-order valence-corrected chi connectivity index (χ0v) is 11.0. The van der Waals surface area contributed by atoms with Crippen LogP contribution in [0.2, 0.25) is 5.02 Å². The molecular formula is C11H9ClFN3O2S. The molecule has 0 unspecified atom stereocenters. The number of nitrogen functional groups attached to an aromatic ring is 1. The molecule has 0 aliphatic rings. The fourth-order valence-corrected chi connectivity index (χ4v) is 2.83. The third kappa shape index (κ3) is 2.94. The van der Waals surface area contributed by atoms with E-state index in [9.17, 15) is 12.8 Å². The normalized spacial score (nSPS) is 11.3. The van der Waals surface area contributed by atoms with E-state index in [1.165, 1.54) is 12.3 Å². The molecule has 8 heteroatoms. The molecule has 0 saturated heterocycles. The molecule has 1 aromatic carbocycles. The summed E-state index contributed by atoms with van der Waals surface area (Å²) in [5, 5.41) is 0.0281. The Morgan fingerprint density at radius 1 is 1.32 bits per heavy atom. The topological polar surface area (TPSA) is 85.1 Å². The molecule has 5 nitrogen and oxygen atoms in total. The molecule has 0 aliphatic carbocycles. The average molecular weight is 302 g/mol. The van der Waals surface area contributed by atoms with Crippen LogP contribution >= 0.6 is 11.6 Å². The Morgan fingerprint density at radius 3 is 2.68 bits per heavy atom. The largest absolute Gasteiger partial charge is 0.396 e. The maximum atomic E-state index is 13.8. The molecule has 0 bridgehead atoms. The number of benzene rings is 1. The molecule has 1 heterocycles. The Kier molecular flexibility index (Phi) is 3.59. The lowest BCUT2D eigenvalue weighted by atomic mass is 10.3. The number of sulfonamides is 1. The number of nitrogens with two attached hydrogens (primary N) is 1. The highest BCUT2D eigenvalue weighted by molar-refractivity contribution is 7.92. The molecule has 0 saturated carbocycles. The number of halogens is 2. The number of hydrogen-bond acceptors (Lipinski definition) is 4. The van der Waals surface area contributed by atoms with Crippen LogP contribution in [0.1, 0.15) is 0 Å². The molecule has 0 fully saturated rings. The van der Waals surface area contributed by atoms with E-state index in [2.05, 4.69) is 9.71 Å². The summed E-state index contributed by atoms with van der Waals surface area (Å²) in [4.78, 5) is 3.16. The Morgan fingerprint density at radius 2 is 2.05 bits per heavy atom. The summed E-state index contributed by atoms with van der Waals surface area (Å²) < 4.78 is 39.9. The molecule has 2 rings (SSSR count). The molecule has 2 aromatic rings. The van der Waals surface area contributed by atoms with Crippen molar-refractivity contribution in [1.82, 2.24) is 4.98 Å². The van der Waals surface area contributed by atoms with Crippen molar-refractivity contribution in [3.63, 3.8) is 0 Å². The van der Waals surface area contributed by atoms with Crippen LogP contribution in [0.5, 0.6) is 0 Å². The fourth-order valence-electron chi connectivity index (χ4n) is 1.40. The molecule has 0 amide bonds. The Bertz CT molecular complexity index is 707. The van der Waals surface area contributed by atoms with Gasteiger partial charge in [-0.2, -0.15) is 0 Å². The second-order valence-electron chi connectivity index (χ2n) is 3.63. The number of rotatable bonds is 3. The van der Waals surface area contributed by atoms with Crippen molar-refractivity contribution in [2.45, 2.75) is 4.90 Å². The van der Waals surface area contributed by atoms with Gasteiger partial charge < -0.3 is 5.73 Å². The Balaban J connectivity index is 2.46. The van der Waals surface area contributed by atoms with Gasteiger partial charge in [0.25, 0.3) is 10.0 Å². The maximum Gasteiger partial charge on any atom is 0.266 e. The molecule has 3 N–H and O–H groups in total. The second kappa shape index (κ2) is 5.02. The van der Waals surface area contributed by atoms with Crippen molar-refractivity contribution in [2.24, 2.45) is 0 Å². The van der Waals surface area contributed by atoms with Gasteiger partial charge in [-0.1, -0.05) is 17.7 Å². The van der Waals surface area contributed by atoms with Gasteiger partial charge in [0.15, 0.2) is 5.82 Å². The first-order valence-electron chi connectivity index (χ1n) is 5.08. The van der Waals surface area contributed by atoms with Gasteiger partial charge >= 0.3 is 0 Å². The van der Waals surface area contributed by atoms with E-state index in [-0.39, 0.29) is 16.5 Å². The molecule has 0 spiro atoms. The van der Waals surface area contributed by atoms with Crippen LogP contribution in [0.15, 0.2) is 41.4 Å². The van der Waals surface area contributed by atoms with Crippen molar-refractivity contribution in [3.8, 4) is 0 Å². The van der Waals surface area contributed by atoms with Crippen LogP contribution in [0.25, 0.3) is 0 Å². The van der Waals surface area contributed by atoms with Crippen molar-refractivity contribution in [1.29, 1.82) is 0 Å². The van der Waals surface area contributed by atoms with Gasteiger partial charge in [-0.05, 0) is 24.3 Å². The lowest BCUT2D eigenvalue weighted by Crippen LogP contribution is -2.16. The lowest BCUT2D eigenvalue weighted by molar-refractivity contribution is 0.573. The van der Waals surface area contributed by atoms with Crippen molar-refractivity contribution < 1.29 is 12.8 Å². The van der Waals surface area contributed by atoms with Crippen LogP contribution in [0.4, 0.5) is 15.9 Å². The van der Waals surface area contributed by atoms with Crippen LogP contribution in [0.3, 0.4) is 0 Å². The van der Waals surface area contributed by atoms with Gasteiger partial charge in [0.05, 0.1) is 5.69 Å². The minimum Gasteiger partial charge on any atom is -0.396 e. The number of pyridine rings is 1. The minimum atomic E-state index is -4.14. The summed E-state index contributed by atoms with van der Waals surface area (Å²) in [6, 6.07) is 6.77. The number of nitrogens with zero attached hydrogens (tertiary/aromatic N) is 1. The third-order valence-electron chi connectivity index (χ3n) is 2.23. The highest BCUT2D eigenvalue weighted by Crippen LogP contribution is 2.26. The third-order valence-corrected chi connectivity index (χ3v) is 3.80. The van der Waals surface area contributed by atoms with E-state index < -0.39 is 20.7 Å². The van der Waals surface area contributed by atoms with Gasteiger partial charge in [-0.25, -0.2) is 17.8 Å². The number of aromatic nitrogens is 1. The summed E-state index contributed by atoms with van der Waals surface area (Å²) in [5.74, 6) is -0.978. The Labute approximate surface area is 114 Å². The zero-order chi connectivity index (χ0) is 14.0. The number of nitrogens with one attached hydrogen (secondary N) is 1. The van der Waals surface area contributed by atoms with Crippen molar-refractivity contribution in [3.05, 3.63) is 47.4 Å². The lowest BCUT2D eigenvalue weighted by Gasteiger charge is -2.09. The monoisotopic (exact) mass is 301 g/mol. The Hall–Kier alpha value is -1.86. The van der Waals surface area contributed by atoms with Crippen LogP contribution in [0, 0.1) is 5.82 Å². The first kappa shape index (κ1) is 13.6. The number of anilines is 2. The average Bonchev–Trinajstić information content (AvgIpc) is 2.34. The summed E-state index contributed by atoms with van der Waals surface area (Å²) in [6.07, 6.45) is 1.40. The smallest absolute Gasteiger partial charge is 0.266 e. The molecule has 0 radical (unpaired) electrons. The van der Waals surface area contributed by atoms with E-state index in [1.807, 2.05) is 0 Å². The second-order valence-corrected chi connectivity index (χ2v) is 5.71. The first-order valence-corrected chi connectivity index (χ1v) is 6.94. The molecule has 100 valence electrons. The van der Waals surface area contributed by atoms with Crippen LogP contribution < -0.4 is 10.5 Å². The molecule has 19 heavy (non-hydrogen) atoms. The molecular weight excluding hydrogens is 293 g/mol. The zero-order valence-electron chi connectivity index (χ0n) is 9.47. The van der Waals surface area contributed by atoms with E-state index in [1.54, 1.807) is 12.1 Å². The van der Waals surface area contributed by atoms with Gasteiger partial charge in [0.2, 0.25) is 0 Å². The van der Waals surface area contributed by atoms with E-state index in [0.29, 0.717) is 0 Å². The summed E-state index contributed by atoms with van der Waals surface area (Å²) in [7, 11) is -4.14. The SMILES string of the molecule is Nc1cc(Cl)cc(S(=O)(=O)Nc2ccccn2)c1F. The number of hydrogen-bond donors (Lipinski definition) is 2. The predicted octanol–water partition coefficient (Wildman–Crippen LogP) is 2.26. The van der Waals surface area contributed by atoms with E-state index >= 15 is 0 Å². The maximum absolute atomic E-state index is 13.8. The predicted molar refractivity (Wildman–Crippen MR) is 70.9 cm³/mol. The van der Waals surface area contributed by atoms with Gasteiger partial charge in [-0.15, -0.1) is 0 Å². The minimum absolute atomic E-state index is 0.0281. The highest BCUT2D eigenvalue weighted by atomic mass is 35.5. The van der Waals surface area contributed by atoms with Crippen LogP contribution in [-0.4, -0.2) is 13.4 Å². The molecule has 0 aliphatic heterocycles. The molecule has 0 atom stereocenters. The standard InChI is InChI=1S/C11H9ClFN3O2S/c12-7-5-8(14)11(13)9(6-7)19(17,18)16-10-3-1-2-4-15-10/h1-6H,14H2,(H,15,16). The quantitative estimate of drug-likeness (QED) is 0.852. The van der Waals surface area contributed by atoms with E-state index in [0.717, 1.165) is 12.1 Å². The molecule has 1 aromatic heterocycles. The first-order chi connectivity index (χ1) is 8.90. The van der Waals surface area contributed by atoms with Gasteiger partial charge in [0.1, 0.15) is 10.7 Å². The van der Waals surface area contributed by atoms with Crippen LogP contribution in [-0.2, 0) is 10.0 Å². The van der Waals surface area contributed by atoms with Gasteiger partial charge in [-0.3, -0.25) is 4.72 Å². The fraction of sp³-hybridized carbons (Fsp3) is 0. The van der Waals surface area contributed by atoms with Crippen molar-refractivity contribution >= 4 is 33.1 Å². The van der Waals surface area contributed by atoms with E-state index in [4.69, 9.17) is 17.3 Å². The van der Waals surface area contributed by atoms with Crippen molar-refractivity contribution in [2.75, 3.05) is 10.5 Å².